The van der Waals surface area contributed by atoms with Crippen molar-refractivity contribution < 1.29 is 4.79 Å². The van der Waals surface area contributed by atoms with Crippen molar-refractivity contribution in [1.29, 1.82) is 0 Å². The van der Waals surface area contributed by atoms with Crippen LogP contribution in [-0.2, 0) is 7.05 Å². The maximum Gasteiger partial charge on any atom is 0.334 e. The molecule has 0 spiro atoms. The molecule has 2 N–H and O–H groups in total. The zero-order valence-electron chi connectivity index (χ0n) is 16.0. The second-order valence-corrected chi connectivity index (χ2v) is 6.80. The van der Waals surface area contributed by atoms with Crippen LogP contribution in [-0.4, -0.2) is 15.2 Å². The van der Waals surface area contributed by atoms with Crippen LogP contribution in [0.2, 0.25) is 0 Å². The first-order valence-corrected chi connectivity index (χ1v) is 8.90. The Bertz CT molecular complexity index is 999. The highest BCUT2D eigenvalue weighted by molar-refractivity contribution is 5.99. The van der Waals surface area contributed by atoms with E-state index in [2.05, 4.69) is 24.5 Å². The topological polar surface area (TPSA) is 68.1 Å². The lowest BCUT2D eigenvalue weighted by molar-refractivity contribution is 0.262. The number of imidazole rings is 1. The lowest BCUT2D eigenvalue weighted by Gasteiger charge is -2.10. The predicted molar refractivity (Wildman–Crippen MR) is 109 cm³/mol. The highest BCUT2D eigenvalue weighted by atomic mass is 16.2. The fourth-order valence-corrected chi connectivity index (χ4v) is 3.01. The number of amides is 2. The number of nitrogens with zero attached hydrogens (tertiary/aromatic N) is 2. The van der Waals surface area contributed by atoms with Gasteiger partial charge in [-0.25, -0.2) is 9.59 Å². The van der Waals surface area contributed by atoms with E-state index in [1.165, 1.54) is 10.1 Å². The summed E-state index contributed by atoms with van der Waals surface area (Å²) < 4.78 is 3.01. The molecule has 0 saturated heterocycles. The number of anilines is 2. The molecule has 1 heterocycles. The smallest absolute Gasteiger partial charge is 0.308 e. The number of carbonyl (C=O) groups is 1. The van der Waals surface area contributed by atoms with Crippen LogP contribution in [0.4, 0.5) is 16.3 Å². The molecule has 2 amide bonds. The van der Waals surface area contributed by atoms with Crippen LogP contribution in [0.3, 0.4) is 0 Å². The molecule has 3 rings (SSSR count). The second kappa shape index (κ2) is 7.53. The van der Waals surface area contributed by atoms with E-state index >= 15 is 0 Å². The first-order chi connectivity index (χ1) is 12.9. The van der Waals surface area contributed by atoms with Crippen molar-refractivity contribution in [2.24, 2.45) is 7.05 Å². The summed E-state index contributed by atoms with van der Waals surface area (Å²) in [6.07, 6.45) is 0. The van der Waals surface area contributed by atoms with Crippen molar-refractivity contribution in [3.63, 3.8) is 0 Å². The molecule has 6 heteroatoms. The first kappa shape index (κ1) is 18.5. The molecule has 140 valence electrons. The van der Waals surface area contributed by atoms with Crippen LogP contribution in [0.25, 0.3) is 5.69 Å². The van der Waals surface area contributed by atoms with Crippen molar-refractivity contribution in [3.8, 4) is 5.69 Å². The van der Waals surface area contributed by atoms with Gasteiger partial charge in [-0.2, -0.15) is 0 Å². The van der Waals surface area contributed by atoms with Gasteiger partial charge in [0.1, 0.15) is 5.82 Å². The van der Waals surface area contributed by atoms with E-state index in [1.54, 1.807) is 18.5 Å². The Morgan fingerprint density at radius 2 is 1.59 bits per heavy atom. The third kappa shape index (κ3) is 3.79. The van der Waals surface area contributed by atoms with Gasteiger partial charge in [0.2, 0.25) is 0 Å². The fourth-order valence-electron chi connectivity index (χ4n) is 3.01. The van der Waals surface area contributed by atoms with Gasteiger partial charge in [0.25, 0.3) is 0 Å². The van der Waals surface area contributed by atoms with E-state index in [-0.39, 0.29) is 5.69 Å². The minimum atomic E-state index is -0.392. The molecular formula is C21H24N4O2. The maximum atomic E-state index is 12.6. The van der Waals surface area contributed by atoms with Gasteiger partial charge >= 0.3 is 11.7 Å². The van der Waals surface area contributed by atoms with Gasteiger partial charge in [0, 0.05) is 12.7 Å². The van der Waals surface area contributed by atoms with Crippen LogP contribution in [0.15, 0.2) is 59.4 Å². The third-order valence-electron chi connectivity index (χ3n) is 4.57. The quantitative estimate of drug-likeness (QED) is 0.727. The monoisotopic (exact) mass is 364 g/mol. The van der Waals surface area contributed by atoms with E-state index in [0.29, 0.717) is 23.1 Å². The molecule has 0 radical (unpaired) electrons. The van der Waals surface area contributed by atoms with Crippen LogP contribution < -0.4 is 16.3 Å². The van der Waals surface area contributed by atoms with Gasteiger partial charge < -0.3 is 5.32 Å². The number of urea groups is 1. The van der Waals surface area contributed by atoms with Crippen LogP contribution in [0.1, 0.15) is 31.0 Å². The first-order valence-electron chi connectivity index (χ1n) is 8.90. The van der Waals surface area contributed by atoms with E-state index in [9.17, 15) is 9.59 Å². The molecule has 1 aromatic heterocycles. The minimum Gasteiger partial charge on any atom is -0.308 e. The normalized spacial score (nSPS) is 10.9. The lowest BCUT2D eigenvalue weighted by Crippen LogP contribution is -2.24. The van der Waals surface area contributed by atoms with Crippen molar-refractivity contribution in [3.05, 3.63) is 76.3 Å². The SMILES string of the molecule is Cc1c(NC(=O)Nc2ccc(C(C)C)cc2)n(C)c(=O)n1-c1ccccc1. The summed E-state index contributed by atoms with van der Waals surface area (Å²) in [4.78, 5) is 25.0. The summed E-state index contributed by atoms with van der Waals surface area (Å²) in [5.74, 6) is 0.892. The second-order valence-electron chi connectivity index (χ2n) is 6.80. The van der Waals surface area contributed by atoms with Gasteiger partial charge in [-0.3, -0.25) is 14.5 Å². The van der Waals surface area contributed by atoms with Crippen LogP contribution in [0.5, 0.6) is 0 Å². The largest absolute Gasteiger partial charge is 0.334 e. The molecule has 0 unspecified atom stereocenters. The molecule has 0 aliphatic carbocycles. The molecule has 0 fully saturated rings. The van der Waals surface area contributed by atoms with Gasteiger partial charge in [-0.05, 0) is 42.7 Å². The Morgan fingerprint density at radius 1 is 0.963 bits per heavy atom. The predicted octanol–water partition coefficient (Wildman–Crippen LogP) is 4.25. The number of para-hydroxylation sites is 1. The highest BCUT2D eigenvalue weighted by Crippen LogP contribution is 2.19. The summed E-state index contributed by atoms with van der Waals surface area (Å²) in [5.41, 5.74) is 3.11. The number of nitrogens with one attached hydrogen (secondary N) is 2. The number of carbonyl (C=O) groups excluding carboxylic acids is 1. The number of rotatable bonds is 4. The van der Waals surface area contributed by atoms with E-state index in [0.717, 1.165) is 5.69 Å². The van der Waals surface area contributed by atoms with E-state index in [4.69, 9.17) is 0 Å². The van der Waals surface area contributed by atoms with Crippen molar-refractivity contribution in [2.75, 3.05) is 10.6 Å². The molecule has 0 atom stereocenters. The summed E-state index contributed by atoms with van der Waals surface area (Å²) >= 11 is 0. The molecule has 0 aliphatic rings. The van der Waals surface area contributed by atoms with Crippen LogP contribution >= 0.6 is 0 Å². The van der Waals surface area contributed by atoms with Gasteiger partial charge in [-0.1, -0.05) is 44.2 Å². The van der Waals surface area contributed by atoms with Crippen molar-refractivity contribution >= 4 is 17.5 Å². The third-order valence-corrected chi connectivity index (χ3v) is 4.57. The molecule has 0 bridgehead atoms. The standard InChI is InChI=1S/C21H24N4O2/c1-14(2)16-10-12-17(13-11-16)22-20(26)23-19-15(3)25(21(27)24(19)4)18-8-6-5-7-9-18/h5-14H,1-4H3,(H2,22,23,26). The number of hydrogen-bond donors (Lipinski definition) is 2. The molecule has 27 heavy (non-hydrogen) atoms. The Labute approximate surface area is 158 Å². The Kier molecular flexibility index (Phi) is 5.16. The molecular weight excluding hydrogens is 340 g/mol. The summed E-state index contributed by atoms with van der Waals surface area (Å²) in [6.45, 7) is 6.05. The van der Waals surface area contributed by atoms with Crippen LogP contribution in [0, 0.1) is 6.92 Å². The average molecular weight is 364 g/mol. The summed E-state index contributed by atoms with van der Waals surface area (Å²) in [5, 5.41) is 5.59. The molecule has 0 saturated carbocycles. The number of benzene rings is 2. The van der Waals surface area contributed by atoms with Crippen molar-refractivity contribution in [1.82, 2.24) is 9.13 Å². The summed E-state index contributed by atoms with van der Waals surface area (Å²) in [7, 11) is 1.64. The molecule has 2 aromatic carbocycles. The van der Waals surface area contributed by atoms with E-state index in [1.807, 2.05) is 54.6 Å². The average Bonchev–Trinajstić information content (AvgIpc) is 2.86. The molecule has 3 aromatic rings. The maximum absolute atomic E-state index is 12.6. The van der Waals surface area contributed by atoms with Gasteiger partial charge in [-0.15, -0.1) is 0 Å². The van der Waals surface area contributed by atoms with Gasteiger partial charge in [0.15, 0.2) is 0 Å². The minimum absolute atomic E-state index is 0.213. The molecule has 0 aliphatic heterocycles. The fraction of sp³-hybridized carbons (Fsp3) is 0.238. The Balaban J connectivity index is 1.81. The number of hydrogen-bond acceptors (Lipinski definition) is 2. The number of aromatic nitrogens is 2. The zero-order valence-corrected chi connectivity index (χ0v) is 16.0. The summed E-state index contributed by atoms with van der Waals surface area (Å²) in [6, 6.07) is 16.7. The molecule has 6 nitrogen and oxygen atoms in total. The Morgan fingerprint density at radius 3 is 2.19 bits per heavy atom. The van der Waals surface area contributed by atoms with E-state index < -0.39 is 6.03 Å². The highest BCUT2D eigenvalue weighted by Gasteiger charge is 2.17. The Hall–Kier alpha value is -3.28. The van der Waals surface area contributed by atoms with Crippen molar-refractivity contribution in [2.45, 2.75) is 26.7 Å². The zero-order chi connectivity index (χ0) is 19.6. The van der Waals surface area contributed by atoms with Gasteiger partial charge in [0.05, 0.1) is 11.4 Å². The lowest BCUT2D eigenvalue weighted by atomic mass is 10.0.